The third kappa shape index (κ3) is 4.02. The van der Waals surface area contributed by atoms with E-state index in [9.17, 15) is 24.3 Å². The van der Waals surface area contributed by atoms with Crippen molar-refractivity contribution >= 4 is 40.9 Å². The normalized spacial score (nSPS) is 16.2. The molecule has 1 atom stereocenters. The number of imide groups is 1. The standard InChI is InChI=1S/C21H19NO7S/c1-4-28-20(26)12(3)22-18(23)17(30-21(22)27)10-13-8-9-16(29-13)14-6-5-7-15(11(14)2)19(24)25/h5-10,12H,4H2,1-3H3,(H,24,25)/p-1/b17-10+. The number of carbonyl (C=O) groups excluding carboxylic acids is 4. The van der Waals surface area contributed by atoms with Crippen LogP contribution in [-0.4, -0.2) is 40.6 Å². The summed E-state index contributed by atoms with van der Waals surface area (Å²) in [5, 5.41) is 10.6. The Balaban J connectivity index is 1.86. The molecule has 0 aliphatic carbocycles. The van der Waals surface area contributed by atoms with E-state index in [1.54, 1.807) is 38.1 Å². The summed E-state index contributed by atoms with van der Waals surface area (Å²) in [5.41, 5.74) is 1.11. The van der Waals surface area contributed by atoms with Crippen molar-refractivity contribution in [2.75, 3.05) is 6.61 Å². The van der Waals surface area contributed by atoms with Crippen LogP contribution in [-0.2, 0) is 14.3 Å². The van der Waals surface area contributed by atoms with Gasteiger partial charge in [-0.3, -0.25) is 14.5 Å². The number of hydrogen-bond donors (Lipinski definition) is 0. The Kier molecular flexibility index (Phi) is 6.12. The Bertz CT molecular complexity index is 1070. The van der Waals surface area contributed by atoms with Gasteiger partial charge in [-0.2, -0.15) is 0 Å². The second-order valence-electron chi connectivity index (χ2n) is 6.45. The number of amides is 2. The van der Waals surface area contributed by atoms with E-state index in [1.807, 2.05) is 0 Å². The maximum atomic E-state index is 12.6. The van der Waals surface area contributed by atoms with Gasteiger partial charge in [0.1, 0.15) is 17.6 Å². The van der Waals surface area contributed by atoms with Gasteiger partial charge in [0.15, 0.2) is 0 Å². The van der Waals surface area contributed by atoms with Gasteiger partial charge < -0.3 is 19.1 Å². The minimum atomic E-state index is -1.29. The highest BCUT2D eigenvalue weighted by molar-refractivity contribution is 8.18. The first-order chi connectivity index (χ1) is 14.2. The molecule has 2 heterocycles. The van der Waals surface area contributed by atoms with Crippen molar-refractivity contribution in [3.63, 3.8) is 0 Å². The lowest BCUT2D eigenvalue weighted by Crippen LogP contribution is -2.42. The molecule has 0 N–H and O–H groups in total. The summed E-state index contributed by atoms with van der Waals surface area (Å²) in [6.07, 6.45) is 1.41. The van der Waals surface area contributed by atoms with Crippen molar-refractivity contribution < 1.29 is 33.4 Å². The highest BCUT2D eigenvalue weighted by Crippen LogP contribution is 2.35. The van der Waals surface area contributed by atoms with Gasteiger partial charge in [-0.05, 0) is 50.2 Å². The van der Waals surface area contributed by atoms with Crippen molar-refractivity contribution in [1.82, 2.24) is 4.90 Å². The molecule has 1 unspecified atom stereocenters. The zero-order valence-electron chi connectivity index (χ0n) is 16.5. The molecule has 1 aliphatic rings. The van der Waals surface area contributed by atoms with E-state index in [0.717, 1.165) is 4.90 Å². The van der Waals surface area contributed by atoms with Crippen molar-refractivity contribution in [2.24, 2.45) is 0 Å². The second-order valence-corrected chi connectivity index (χ2v) is 7.44. The molecule has 1 aromatic carbocycles. The molecular formula is C21H18NO7S-. The number of ether oxygens (including phenoxy) is 1. The Morgan fingerprint density at radius 3 is 2.67 bits per heavy atom. The lowest BCUT2D eigenvalue weighted by molar-refractivity contribution is -0.255. The van der Waals surface area contributed by atoms with Crippen molar-refractivity contribution in [3.8, 4) is 11.3 Å². The lowest BCUT2D eigenvalue weighted by Gasteiger charge is -2.19. The van der Waals surface area contributed by atoms with Crippen LogP contribution < -0.4 is 5.11 Å². The molecule has 3 rings (SSSR count). The van der Waals surface area contributed by atoms with E-state index >= 15 is 0 Å². The lowest BCUT2D eigenvalue weighted by atomic mass is 10.0. The Morgan fingerprint density at radius 1 is 1.27 bits per heavy atom. The number of nitrogens with zero attached hydrogens (tertiary/aromatic N) is 1. The van der Waals surface area contributed by atoms with Crippen LogP contribution in [0, 0.1) is 6.92 Å². The van der Waals surface area contributed by atoms with Gasteiger partial charge in [-0.15, -0.1) is 0 Å². The van der Waals surface area contributed by atoms with Gasteiger partial charge in [-0.25, -0.2) is 4.79 Å². The maximum Gasteiger partial charge on any atom is 0.329 e. The molecule has 30 heavy (non-hydrogen) atoms. The van der Waals surface area contributed by atoms with Crippen LogP contribution >= 0.6 is 11.8 Å². The molecule has 0 spiro atoms. The molecule has 1 aromatic heterocycles. The number of furan rings is 1. The van der Waals surface area contributed by atoms with Crippen LogP contribution in [0.5, 0.6) is 0 Å². The number of esters is 1. The summed E-state index contributed by atoms with van der Waals surface area (Å²) >= 11 is 0.700. The highest BCUT2D eigenvalue weighted by atomic mass is 32.2. The second kappa shape index (κ2) is 8.58. The van der Waals surface area contributed by atoms with Gasteiger partial charge >= 0.3 is 5.97 Å². The molecule has 0 saturated carbocycles. The third-order valence-corrected chi connectivity index (χ3v) is 5.44. The van der Waals surface area contributed by atoms with Crippen LogP contribution in [0.4, 0.5) is 4.79 Å². The number of rotatable bonds is 6. The molecule has 2 amide bonds. The first kappa shape index (κ1) is 21.4. The molecule has 1 aliphatic heterocycles. The SMILES string of the molecule is CCOC(=O)C(C)N1C(=O)S/C(=C/c2ccc(-c3cccc(C(=O)[O-])c3C)o2)C1=O. The zero-order chi connectivity index (χ0) is 22.0. The van der Waals surface area contributed by atoms with Crippen LogP contribution in [0.3, 0.4) is 0 Å². The van der Waals surface area contributed by atoms with Crippen molar-refractivity contribution in [3.05, 3.63) is 52.1 Å². The van der Waals surface area contributed by atoms with Crippen LogP contribution in [0.25, 0.3) is 17.4 Å². The molecule has 156 valence electrons. The van der Waals surface area contributed by atoms with E-state index in [1.165, 1.54) is 19.1 Å². The van der Waals surface area contributed by atoms with Gasteiger partial charge in [0.25, 0.3) is 11.1 Å². The van der Waals surface area contributed by atoms with Crippen molar-refractivity contribution in [2.45, 2.75) is 26.8 Å². The van der Waals surface area contributed by atoms with Gasteiger partial charge in [0, 0.05) is 17.2 Å². The fraction of sp³-hybridized carbons (Fsp3) is 0.238. The molecule has 0 radical (unpaired) electrons. The number of carbonyl (C=O) groups is 4. The average molecular weight is 428 g/mol. The Hall–Kier alpha value is -3.33. The van der Waals surface area contributed by atoms with Gasteiger partial charge in [0.2, 0.25) is 0 Å². The Labute approximate surface area is 176 Å². The molecule has 2 aromatic rings. The predicted molar refractivity (Wildman–Crippen MR) is 107 cm³/mol. The molecular weight excluding hydrogens is 410 g/mol. The third-order valence-electron chi connectivity index (χ3n) is 4.56. The van der Waals surface area contributed by atoms with Crippen LogP contribution in [0.2, 0.25) is 0 Å². The Morgan fingerprint density at radius 2 is 2.00 bits per heavy atom. The van der Waals surface area contributed by atoms with E-state index in [4.69, 9.17) is 9.15 Å². The maximum absolute atomic E-state index is 12.6. The largest absolute Gasteiger partial charge is 0.545 e. The topological polar surface area (TPSA) is 117 Å². The minimum Gasteiger partial charge on any atom is -0.545 e. The van der Waals surface area contributed by atoms with E-state index < -0.39 is 29.1 Å². The molecule has 9 heteroatoms. The number of thioether (sulfide) groups is 1. The number of carboxylic acids is 1. The first-order valence-electron chi connectivity index (χ1n) is 9.09. The fourth-order valence-corrected chi connectivity index (χ4v) is 3.90. The van der Waals surface area contributed by atoms with Gasteiger partial charge in [-0.1, -0.05) is 18.2 Å². The number of benzene rings is 1. The van der Waals surface area contributed by atoms with E-state index in [0.29, 0.717) is 34.4 Å². The monoisotopic (exact) mass is 428 g/mol. The van der Waals surface area contributed by atoms with E-state index in [2.05, 4.69) is 0 Å². The summed E-state index contributed by atoms with van der Waals surface area (Å²) in [5.74, 6) is -1.85. The summed E-state index contributed by atoms with van der Waals surface area (Å²) in [7, 11) is 0. The molecule has 8 nitrogen and oxygen atoms in total. The number of carboxylic acid groups (broad SMARTS) is 1. The average Bonchev–Trinajstić information content (AvgIpc) is 3.26. The predicted octanol–water partition coefficient (Wildman–Crippen LogP) is 2.61. The smallest absolute Gasteiger partial charge is 0.329 e. The van der Waals surface area contributed by atoms with Crippen molar-refractivity contribution in [1.29, 1.82) is 0 Å². The summed E-state index contributed by atoms with van der Waals surface area (Å²) in [6.45, 7) is 4.85. The van der Waals surface area contributed by atoms with E-state index in [-0.39, 0.29) is 17.1 Å². The highest BCUT2D eigenvalue weighted by Gasteiger charge is 2.41. The molecule has 1 saturated heterocycles. The van der Waals surface area contributed by atoms with Crippen LogP contribution in [0.15, 0.2) is 39.7 Å². The van der Waals surface area contributed by atoms with Crippen LogP contribution in [0.1, 0.15) is 35.5 Å². The summed E-state index contributed by atoms with van der Waals surface area (Å²) < 4.78 is 10.6. The zero-order valence-corrected chi connectivity index (χ0v) is 17.3. The number of aromatic carboxylic acids is 1. The summed E-state index contributed by atoms with van der Waals surface area (Å²) in [6, 6.07) is 6.93. The quantitative estimate of drug-likeness (QED) is 0.509. The van der Waals surface area contributed by atoms with Gasteiger partial charge in [0.05, 0.1) is 17.5 Å². The number of hydrogen-bond acceptors (Lipinski definition) is 8. The first-order valence-corrected chi connectivity index (χ1v) is 9.91. The fourth-order valence-electron chi connectivity index (χ4n) is 3.01. The minimum absolute atomic E-state index is 0.0551. The summed E-state index contributed by atoms with van der Waals surface area (Å²) in [4.78, 5) is 48.9. The molecule has 1 fully saturated rings. The molecule has 0 bridgehead atoms.